The van der Waals surface area contributed by atoms with Crippen molar-refractivity contribution in [3.63, 3.8) is 0 Å². The summed E-state index contributed by atoms with van der Waals surface area (Å²) in [5, 5.41) is 3.61. The van der Waals surface area contributed by atoms with Gasteiger partial charge in [0.2, 0.25) is 0 Å². The molecule has 2 fully saturated rings. The zero-order valence-electron chi connectivity index (χ0n) is 11.5. The molecule has 2 atom stereocenters. The monoisotopic (exact) mass is 243 g/mol. The lowest BCUT2D eigenvalue weighted by Gasteiger charge is -2.36. The van der Waals surface area contributed by atoms with Gasteiger partial charge in [0.05, 0.1) is 0 Å². The molecular weight excluding hydrogens is 218 g/mol. The van der Waals surface area contributed by atoms with Gasteiger partial charge >= 0.3 is 0 Å². The van der Waals surface area contributed by atoms with Crippen LogP contribution in [0.5, 0.6) is 0 Å². The molecule has 2 aliphatic rings. The first-order valence-corrected chi connectivity index (χ1v) is 7.62. The normalized spacial score (nSPS) is 29.6. The van der Waals surface area contributed by atoms with E-state index in [-0.39, 0.29) is 0 Å². The molecule has 1 heterocycles. The minimum Gasteiger partial charge on any atom is -0.316 e. The molecule has 1 saturated carbocycles. The predicted octanol–water partition coefficient (Wildman–Crippen LogP) is 3.88. The van der Waals surface area contributed by atoms with Crippen molar-refractivity contribution in [3.05, 3.63) is 35.4 Å². The molecule has 1 N–H and O–H groups in total. The van der Waals surface area contributed by atoms with Crippen LogP contribution in [0.2, 0.25) is 0 Å². The number of benzene rings is 1. The molecular formula is C17H25N. The van der Waals surface area contributed by atoms with Crippen molar-refractivity contribution in [2.24, 2.45) is 11.8 Å². The minimum atomic E-state index is 0.752. The van der Waals surface area contributed by atoms with E-state index in [1.807, 2.05) is 0 Å². The fourth-order valence-corrected chi connectivity index (χ4v) is 4.09. The molecule has 1 aliphatic heterocycles. The molecule has 1 heteroatoms. The fourth-order valence-electron chi connectivity index (χ4n) is 4.09. The lowest BCUT2D eigenvalue weighted by Crippen LogP contribution is -2.38. The quantitative estimate of drug-likeness (QED) is 0.831. The van der Waals surface area contributed by atoms with Gasteiger partial charge in [-0.2, -0.15) is 0 Å². The van der Waals surface area contributed by atoms with Gasteiger partial charge in [-0.15, -0.1) is 0 Å². The molecule has 3 rings (SSSR count). The highest BCUT2D eigenvalue weighted by molar-refractivity contribution is 5.27. The van der Waals surface area contributed by atoms with Gasteiger partial charge in [-0.25, -0.2) is 0 Å². The lowest BCUT2D eigenvalue weighted by atomic mass is 9.73. The van der Waals surface area contributed by atoms with E-state index in [1.54, 1.807) is 5.56 Å². The van der Waals surface area contributed by atoms with Crippen LogP contribution >= 0.6 is 0 Å². The summed E-state index contributed by atoms with van der Waals surface area (Å²) >= 11 is 0. The van der Waals surface area contributed by atoms with Gasteiger partial charge < -0.3 is 5.32 Å². The van der Waals surface area contributed by atoms with Crippen LogP contribution in [0, 0.1) is 18.8 Å². The maximum atomic E-state index is 3.61. The Balaban J connectivity index is 1.82. The van der Waals surface area contributed by atoms with Crippen molar-refractivity contribution in [2.45, 2.75) is 44.9 Å². The van der Waals surface area contributed by atoms with Crippen molar-refractivity contribution in [1.29, 1.82) is 0 Å². The highest BCUT2D eigenvalue weighted by Crippen LogP contribution is 2.42. The first kappa shape index (κ1) is 12.2. The van der Waals surface area contributed by atoms with E-state index in [0.717, 1.165) is 17.8 Å². The molecule has 1 saturated heterocycles. The maximum Gasteiger partial charge on any atom is 0.00229 e. The molecule has 1 aromatic rings. The van der Waals surface area contributed by atoms with E-state index < -0.39 is 0 Å². The van der Waals surface area contributed by atoms with Crippen LogP contribution in [0.15, 0.2) is 24.3 Å². The standard InChI is InChI=1S/C17H25N/c1-13-5-4-8-15(11-13)17-12-18-10-9-16(17)14-6-2-3-7-14/h4-5,8,11,14,16-18H,2-3,6-7,9-10,12H2,1H3. The number of piperidine rings is 1. The van der Waals surface area contributed by atoms with E-state index in [0.29, 0.717) is 0 Å². The van der Waals surface area contributed by atoms with Gasteiger partial charge in [0.1, 0.15) is 0 Å². The Morgan fingerprint density at radius 2 is 1.94 bits per heavy atom. The topological polar surface area (TPSA) is 12.0 Å². The third-order valence-electron chi connectivity index (χ3n) is 5.01. The molecule has 2 unspecified atom stereocenters. The van der Waals surface area contributed by atoms with E-state index in [2.05, 4.69) is 36.5 Å². The second-order valence-electron chi connectivity index (χ2n) is 6.22. The van der Waals surface area contributed by atoms with Crippen LogP contribution < -0.4 is 5.32 Å². The van der Waals surface area contributed by atoms with Gasteiger partial charge in [-0.1, -0.05) is 55.5 Å². The van der Waals surface area contributed by atoms with Crippen LogP contribution in [0.1, 0.15) is 49.1 Å². The average Bonchev–Trinajstić information content (AvgIpc) is 2.92. The van der Waals surface area contributed by atoms with Crippen LogP contribution in [0.4, 0.5) is 0 Å². The van der Waals surface area contributed by atoms with Crippen molar-refractivity contribution >= 4 is 0 Å². The Morgan fingerprint density at radius 1 is 1.11 bits per heavy atom. The largest absolute Gasteiger partial charge is 0.316 e. The Kier molecular flexibility index (Phi) is 3.69. The Hall–Kier alpha value is -0.820. The molecule has 0 aromatic heterocycles. The lowest BCUT2D eigenvalue weighted by molar-refractivity contribution is 0.227. The minimum absolute atomic E-state index is 0.752. The van der Waals surface area contributed by atoms with Gasteiger partial charge in [-0.3, -0.25) is 0 Å². The van der Waals surface area contributed by atoms with Crippen LogP contribution in [0.25, 0.3) is 0 Å². The first-order valence-electron chi connectivity index (χ1n) is 7.62. The second kappa shape index (κ2) is 5.44. The molecule has 0 bridgehead atoms. The van der Waals surface area contributed by atoms with Crippen LogP contribution in [-0.4, -0.2) is 13.1 Å². The number of nitrogens with one attached hydrogen (secondary N) is 1. The molecule has 0 amide bonds. The van der Waals surface area contributed by atoms with Crippen LogP contribution in [-0.2, 0) is 0 Å². The molecule has 18 heavy (non-hydrogen) atoms. The van der Waals surface area contributed by atoms with Crippen molar-refractivity contribution in [2.75, 3.05) is 13.1 Å². The number of aryl methyl sites for hydroxylation is 1. The summed E-state index contributed by atoms with van der Waals surface area (Å²) in [5.41, 5.74) is 2.97. The van der Waals surface area contributed by atoms with E-state index >= 15 is 0 Å². The van der Waals surface area contributed by atoms with Crippen LogP contribution in [0.3, 0.4) is 0 Å². The average molecular weight is 243 g/mol. The molecule has 1 aliphatic carbocycles. The predicted molar refractivity (Wildman–Crippen MR) is 76.9 cm³/mol. The SMILES string of the molecule is Cc1cccc(C2CNCCC2C2CCCC2)c1. The Labute approximate surface area is 111 Å². The van der Waals surface area contributed by atoms with E-state index in [9.17, 15) is 0 Å². The molecule has 1 aromatic carbocycles. The molecule has 1 nitrogen and oxygen atoms in total. The number of hydrogen-bond donors (Lipinski definition) is 1. The van der Waals surface area contributed by atoms with Crippen molar-refractivity contribution in [1.82, 2.24) is 5.32 Å². The van der Waals surface area contributed by atoms with Gasteiger partial charge in [0.15, 0.2) is 0 Å². The van der Waals surface area contributed by atoms with Gasteiger partial charge in [0.25, 0.3) is 0 Å². The molecule has 0 radical (unpaired) electrons. The summed E-state index contributed by atoms with van der Waals surface area (Å²) in [6.07, 6.45) is 7.27. The summed E-state index contributed by atoms with van der Waals surface area (Å²) in [7, 11) is 0. The highest BCUT2D eigenvalue weighted by atomic mass is 14.9. The Bertz CT molecular complexity index is 392. The zero-order chi connectivity index (χ0) is 12.4. The highest BCUT2D eigenvalue weighted by Gasteiger charge is 2.33. The third kappa shape index (κ3) is 2.47. The molecule has 0 spiro atoms. The summed E-state index contributed by atoms with van der Waals surface area (Å²) < 4.78 is 0. The fraction of sp³-hybridized carbons (Fsp3) is 0.647. The smallest absolute Gasteiger partial charge is 0.00229 e. The van der Waals surface area contributed by atoms with Crippen molar-refractivity contribution in [3.8, 4) is 0 Å². The number of rotatable bonds is 2. The third-order valence-corrected chi connectivity index (χ3v) is 5.01. The van der Waals surface area contributed by atoms with Gasteiger partial charge in [-0.05, 0) is 43.2 Å². The number of hydrogen-bond acceptors (Lipinski definition) is 1. The van der Waals surface area contributed by atoms with E-state index in [4.69, 9.17) is 0 Å². The maximum absolute atomic E-state index is 3.61. The summed E-state index contributed by atoms with van der Waals surface area (Å²) in [4.78, 5) is 0. The zero-order valence-corrected chi connectivity index (χ0v) is 11.5. The molecule has 98 valence electrons. The first-order chi connectivity index (χ1) is 8.84. The summed E-state index contributed by atoms with van der Waals surface area (Å²) in [6.45, 7) is 4.62. The van der Waals surface area contributed by atoms with Crippen molar-refractivity contribution < 1.29 is 0 Å². The Morgan fingerprint density at radius 3 is 2.72 bits per heavy atom. The van der Waals surface area contributed by atoms with Gasteiger partial charge in [0, 0.05) is 6.54 Å². The summed E-state index contributed by atoms with van der Waals surface area (Å²) in [5.74, 6) is 2.68. The summed E-state index contributed by atoms with van der Waals surface area (Å²) in [6, 6.07) is 9.18. The second-order valence-corrected chi connectivity index (χ2v) is 6.22. The van der Waals surface area contributed by atoms with E-state index in [1.165, 1.54) is 50.8 Å².